The van der Waals surface area contributed by atoms with Crippen molar-refractivity contribution in [1.82, 2.24) is 34.4 Å². The van der Waals surface area contributed by atoms with Crippen LogP contribution < -0.4 is 19.9 Å². The van der Waals surface area contributed by atoms with Crippen molar-refractivity contribution >= 4 is 92.1 Å². The summed E-state index contributed by atoms with van der Waals surface area (Å²) < 4.78 is 129. The summed E-state index contributed by atoms with van der Waals surface area (Å²) in [5.41, 5.74) is 12.2. The number of carboxylic acid groups (broad SMARTS) is 2. The van der Waals surface area contributed by atoms with Gasteiger partial charge in [-0.05, 0) is 138 Å². The van der Waals surface area contributed by atoms with E-state index in [1.54, 1.807) is 66.7 Å². The van der Waals surface area contributed by atoms with Gasteiger partial charge in [0.2, 0.25) is 41.7 Å². The molecule has 0 saturated heterocycles. The van der Waals surface area contributed by atoms with E-state index >= 15 is 0 Å². The van der Waals surface area contributed by atoms with Crippen molar-refractivity contribution in [3.63, 3.8) is 0 Å². The molecule has 4 atom stereocenters. The van der Waals surface area contributed by atoms with Crippen LogP contribution in [0.25, 0.3) is 45.7 Å². The number of nitrogens with zero attached hydrogens (tertiary/aromatic N) is 4. The second kappa shape index (κ2) is 46.1. The zero-order valence-corrected chi connectivity index (χ0v) is 67.1. The number of benzene rings is 10. The maximum absolute atomic E-state index is 12.9. The van der Waals surface area contributed by atoms with Crippen molar-refractivity contribution in [1.29, 1.82) is 0 Å². The lowest BCUT2D eigenvalue weighted by Crippen LogP contribution is -2.43. The van der Waals surface area contributed by atoms with E-state index in [9.17, 15) is 62.8 Å². The van der Waals surface area contributed by atoms with Crippen molar-refractivity contribution in [2.24, 2.45) is 5.73 Å². The number of carbonyl (C=O) groups excluding carboxylic acids is 3. The first-order valence-corrected chi connectivity index (χ1v) is 41.3. The highest BCUT2D eigenvalue weighted by Crippen LogP contribution is 2.27. The van der Waals surface area contributed by atoms with Gasteiger partial charge in [0.15, 0.2) is 0 Å². The van der Waals surface area contributed by atoms with Crippen molar-refractivity contribution in [3.8, 4) is 45.7 Å². The fraction of sp³-hybridized carbons (Fsp3) is 0.159. The number of rotatable bonds is 29. The predicted molar refractivity (Wildman–Crippen MR) is 439 cm³/mol. The number of hydrogen-bond donors (Lipinski definition) is 7. The number of ether oxygens (including phenoxy) is 3. The van der Waals surface area contributed by atoms with Gasteiger partial charge in [0.25, 0.3) is 20.8 Å². The van der Waals surface area contributed by atoms with Crippen LogP contribution in [-0.4, -0.2) is 145 Å². The van der Waals surface area contributed by atoms with Gasteiger partial charge in [0.05, 0.1) is 46.5 Å². The number of nitrogens with two attached hydrogens (primary N) is 1. The Hall–Kier alpha value is -12.0. The van der Waals surface area contributed by atoms with Crippen LogP contribution in [0.4, 0.5) is 0 Å². The molecule has 0 amide bonds. The summed E-state index contributed by atoms with van der Waals surface area (Å²) in [6.07, 6.45) is 0.834. The van der Waals surface area contributed by atoms with Crippen molar-refractivity contribution in [3.05, 3.63) is 312 Å². The van der Waals surface area contributed by atoms with Crippen LogP contribution in [0.15, 0.2) is 308 Å². The van der Waals surface area contributed by atoms with Gasteiger partial charge in [-0.1, -0.05) is 212 Å². The highest BCUT2D eigenvalue weighted by molar-refractivity contribution is 8.13. The fourth-order valence-electron chi connectivity index (χ4n) is 10.5. The van der Waals surface area contributed by atoms with Crippen LogP contribution in [0.3, 0.4) is 0 Å². The topological polar surface area (TPSA) is 459 Å². The van der Waals surface area contributed by atoms with E-state index in [1.807, 2.05) is 127 Å². The van der Waals surface area contributed by atoms with Gasteiger partial charge < -0.3 is 39.2 Å². The fourth-order valence-corrected chi connectivity index (χ4v) is 14.8. The highest BCUT2D eigenvalue weighted by Gasteiger charge is 2.30. The van der Waals surface area contributed by atoms with Crippen molar-refractivity contribution < 1.29 is 101 Å². The number of esters is 3. The number of aromatic carboxylic acids is 1. The molecule has 2 aromatic heterocycles. The third-order valence-corrected chi connectivity index (χ3v) is 22.2. The summed E-state index contributed by atoms with van der Waals surface area (Å²) in [4.78, 5) is 70.0. The molecule has 0 radical (unpaired) electrons. The molecule has 0 spiro atoms. The molecular weight excluding hydrogens is 1650 g/mol. The number of carbonyl (C=O) groups is 5. The lowest BCUT2D eigenvalue weighted by Gasteiger charge is -2.17. The molecule has 620 valence electrons. The molecule has 12 aromatic rings. The van der Waals surface area contributed by atoms with Gasteiger partial charge in [-0.25, -0.2) is 43.4 Å². The van der Waals surface area contributed by atoms with Gasteiger partial charge in [-0.3, -0.25) is 24.4 Å². The lowest BCUT2D eigenvalue weighted by atomic mass is 10.1. The minimum atomic E-state index is -4.06. The predicted octanol–water partition coefficient (Wildman–Crippen LogP) is 11.7. The normalized spacial score (nSPS) is 12.0. The molecule has 118 heavy (non-hydrogen) atoms. The molecule has 0 bridgehead atoms. The Labute approximate surface area is 691 Å². The average Bonchev–Trinajstić information content (AvgIpc) is 1.49. The van der Waals surface area contributed by atoms with Gasteiger partial charge in [-0.15, -0.1) is 12.4 Å². The van der Waals surface area contributed by atoms with Crippen molar-refractivity contribution in [2.45, 2.75) is 83.5 Å². The number of aromatic nitrogens is 4. The van der Waals surface area contributed by atoms with Crippen LogP contribution in [0, 0.1) is 0 Å². The van der Waals surface area contributed by atoms with Crippen LogP contribution in [0.5, 0.6) is 0 Å². The molecule has 0 fully saturated rings. The first-order valence-electron chi connectivity index (χ1n) is 34.6. The number of nitrogens with one attached hydrogen (secondary N) is 3. The molecular formula is C82H82Cl2N8O22S4. The molecule has 0 unspecified atom stereocenters. The summed E-state index contributed by atoms with van der Waals surface area (Å²) in [6, 6.07) is 73.3. The van der Waals surface area contributed by atoms with Crippen LogP contribution in [0.2, 0.25) is 0 Å². The number of carboxylic acids is 2. The minimum absolute atomic E-state index is 0. The Morgan fingerprint density at radius 3 is 1.00 bits per heavy atom. The standard InChI is InChI=1S/C24H21N3O5S.C23H19N3O5S.C17H17NO6S.C10H13NO2.C7H7ClO4S.CH4.ClH/c1-31-24(28)21(16-17-8-4-2-5-9-17)27-33(29,30)20-14-12-19(13-15-20)23-25-22(26-32-23)18-10-6-3-7-11-18;27-23(28)20(15-16-7-3-1-4-8-16)26-32(29,30)19-13-11-18(12-14-19)22-24-21(25-31-22)17-9-5-2-6-10-17;1-24-17(21)15(11-12-5-3-2-4-6-12)18-25(22,23)14-9-7-13(8-10-14)16(19)20;1-13-10(12)9(11)7-8-5-3-2-4-6-8;8-13(10,11)7-3-1-6(2-4-7)5-12-9;;/h2-15,21,27H,16H2,1H3;1-14,20,26H,15H2,(H,27,28);2-10,15,18H,11H2,1H3,(H,19,20);2-6,9H,7,11H2,1H3;1-4,9H,5H2;1H4;1H/t21-;20-;15-;9-;;;/m1111.../s1. The lowest BCUT2D eigenvalue weighted by molar-refractivity contribution is -0.253. The third kappa shape index (κ3) is 29.3. The third-order valence-electron chi connectivity index (χ3n) is 16.4. The number of halogens is 2. The van der Waals surface area contributed by atoms with E-state index in [0.717, 1.165) is 27.8 Å². The second-order valence-electron chi connectivity index (χ2n) is 24.6. The van der Waals surface area contributed by atoms with Gasteiger partial charge in [0, 0.05) is 32.9 Å². The smallest absolute Gasteiger partial charge is 0.335 e. The van der Waals surface area contributed by atoms with Crippen LogP contribution in [0.1, 0.15) is 45.6 Å². The number of sulfonamides is 3. The van der Waals surface area contributed by atoms with E-state index < -0.39 is 87.2 Å². The summed E-state index contributed by atoms with van der Waals surface area (Å²) >= 11 is 0. The number of methoxy groups -OCH3 is 3. The van der Waals surface area contributed by atoms with Gasteiger partial charge >= 0.3 is 29.8 Å². The Morgan fingerprint density at radius 1 is 0.398 bits per heavy atom. The maximum Gasteiger partial charge on any atom is 0.335 e. The summed E-state index contributed by atoms with van der Waals surface area (Å²) in [6.45, 7) is 0.0165. The quantitative estimate of drug-likeness (QED) is 0.00752. The zero-order chi connectivity index (χ0) is 83.8. The largest absolute Gasteiger partial charge is 0.480 e. The minimum Gasteiger partial charge on any atom is -0.480 e. The first kappa shape index (κ1) is 94.8. The van der Waals surface area contributed by atoms with Crippen molar-refractivity contribution in [2.75, 3.05) is 21.3 Å². The molecule has 12 rings (SSSR count). The molecule has 0 aliphatic rings. The Balaban J connectivity index is 0.000000239. The summed E-state index contributed by atoms with van der Waals surface area (Å²) in [5, 5.41) is 34.4. The van der Waals surface area contributed by atoms with Gasteiger partial charge in [0.1, 0.15) is 30.8 Å². The summed E-state index contributed by atoms with van der Waals surface area (Å²) in [5.74, 6) is -2.80. The SMILES string of the molecule is C.COC(=O)[C@@H](Cc1ccccc1)NS(=O)(=O)c1ccc(-c2nc(-c3ccccc3)no2)cc1.COC(=O)[C@@H](Cc1ccccc1)NS(=O)(=O)c1ccc(C(=O)O)cc1.COC(=O)[C@H](N)Cc1ccccc1.Cl.O=C(O)[C@@H](Cc1ccccc1)NS(=O)(=O)c1ccc(-c2nc(-c3ccccc3)no2)cc1.O=S(=O)(Cl)c1ccc(COO)cc1. The molecule has 0 aliphatic carbocycles. The van der Waals surface area contributed by atoms with Gasteiger partial charge in [-0.2, -0.15) is 24.1 Å². The Morgan fingerprint density at radius 2 is 0.695 bits per heavy atom. The van der Waals surface area contributed by atoms with E-state index in [2.05, 4.69) is 48.8 Å². The highest BCUT2D eigenvalue weighted by atomic mass is 35.7. The molecule has 8 N–H and O–H groups in total. The first-order chi connectivity index (χ1) is 55.5. The van der Waals surface area contributed by atoms with Crippen LogP contribution in [-0.2, 0) is 110 Å². The maximum atomic E-state index is 12.9. The number of hydrogen-bond acceptors (Lipinski definition) is 25. The molecule has 0 aliphatic heterocycles. The average molecular weight is 1730 g/mol. The van der Waals surface area contributed by atoms with E-state index in [4.69, 9.17) is 40.6 Å². The number of aliphatic carboxylic acids is 1. The molecule has 10 aromatic carbocycles. The van der Waals surface area contributed by atoms with E-state index in [1.165, 1.54) is 106 Å². The second-order valence-corrected chi connectivity index (χ2v) is 32.3. The zero-order valence-electron chi connectivity index (χ0n) is 62.3. The Bertz CT molecular complexity index is 5650. The molecule has 2 heterocycles. The molecule has 0 saturated carbocycles. The van der Waals surface area contributed by atoms with E-state index in [0.29, 0.717) is 40.3 Å². The Kier molecular flexibility index (Phi) is 37.0. The molecule has 36 heteroatoms. The van der Waals surface area contributed by atoms with E-state index in [-0.39, 0.29) is 88.6 Å². The summed E-state index contributed by atoms with van der Waals surface area (Å²) in [7, 11) is -6.92. The van der Waals surface area contributed by atoms with Crippen LogP contribution >= 0.6 is 23.1 Å². The molecule has 30 nitrogen and oxygen atoms in total. The monoisotopic (exact) mass is 1730 g/mol.